The van der Waals surface area contributed by atoms with Crippen LogP contribution in [-0.4, -0.2) is 24.1 Å². The third kappa shape index (κ3) is 4.80. The minimum absolute atomic E-state index is 0.207. The fourth-order valence-electron chi connectivity index (χ4n) is 2.80. The first-order valence-corrected chi connectivity index (χ1v) is 11.0. The van der Waals surface area contributed by atoms with Gasteiger partial charge < -0.3 is 19.7 Å². The lowest BCUT2D eigenvalue weighted by atomic mass is 10.1. The molecule has 0 bridgehead atoms. The molecule has 3 rings (SSSR count). The molecule has 1 aliphatic rings. The average Bonchev–Trinajstić information content (AvgIpc) is 2.95. The van der Waals surface area contributed by atoms with Gasteiger partial charge in [0.1, 0.15) is 11.0 Å². The maximum Gasteiger partial charge on any atom is 0.335 e. The van der Waals surface area contributed by atoms with Gasteiger partial charge in [-0.1, -0.05) is 23.7 Å². The van der Waals surface area contributed by atoms with E-state index in [-0.39, 0.29) is 12.1 Å². The highest BCUT2D eigenvalue weighted by molar-refractivity contribution is 7.53. The molecule has 0 saturated heterocycles. The van der Waals surface area contributed by atoms with Crippen molar-refractivity contribution in [3.8, 4) is 0 Å². The minimum atomic E-state index is -3.14. The van der Waals surface area contributed by atoms with Crippen molar-refractivity contribution in [3.63, 3.8) is 0 Å². The van der Waals surface area contributed by atoms with Gasteiger partial charge in [-0.15, -0.1) is 0 Å². The van der Waals surface area contributed by atoms with Crippen LogP contribution in [-0.2, 0) is 24.6 Å². The molecule has 0 saturated carbocycles. The van der Waals surface area contributed by atoms with Crippen LogP contribution in [0.4, 0.5) is 11.5 Å². The number of hydrogen-bond acceptors (Lipinski definition) is 6. The van der Waals surface area contributed by atoms with Crippen LogP contribution in [0.2, 0.25) is 5.15 Å². The molecule has 1 aliphatic heterocycles. The normalized spacial score (nSPS) is 14.8. The molecule has 0 atom stereocenters. The molecule has 9 heteroatoms. The first kappa shape index (κ1) is 20.6. The first-order chi connectivity index (χ1) is 13.4. The molecular weight excluding hydrogens is 401 g/mol. The molecule has 1 amide bonds. The van der Waals surface area contributed by atoms with E-state index >= 15 is 0 Å². The summed E-state index contributed by atoms with van der Waals surface area (Å²) in [5, 5.41) is 6.10. The maximum absolute atomic E-state index is 12.6. The highest BCUT2D eigenvalue weighted by Gasteiger charge is 2.26. The van der Waals surface area contributed by atoms with Gasteiger partial charge >= 0.3 is 7.60 Å². The third-order valence-electron chi connectivity index (χ3n) is 3.99. The van der Waals surface area contributed by atoms with Gasteiger partial charge in [0.2, 0.25) is 0 Å². The quantitative estimate of drug-likeness (QED) is 0.358. The van der Waals surface area contributed by atoms with Gasteiger partial charge in [-0.3, -0.25) is 9.36 Å². The number of anilines is 2. The molecule has 2 aromatic rings. The van der Waals surface area contributed by atoms with E-state index in [1.54, 1.807) is 32.2 Å². The van der Waals surface area contributed by atoms with Crippen molar-refractivity contribution in [2.75, 3.05) is 23.8 Å². The van der Waals surface area contributed by atoms with E-state index in [4.69, 9.17) is 20.6 Å². The smallest absolute Gasteiger partial charge is 0.335 e. The summed E-state index contributed by atoms with van der Waals surface area (Å²) in [5.41, 5.74) is 2.78. The molecular formula is C19H21ClN3O4P. The number of halogens is 1. The van der Waals surface area contributed by atoms with E-state index in [0.717, 1.165) is 11.3 Å². The van der Waals surface area contributed by atoms with Gasteiger partial charge in [0.25, 0.3) is 5.91 Å². The van der Waals surface area contributed by atoms with Crippen molar-refractivity contribution in [1.29, 1.82) is 0 Å². The third-order valence-corrected chi connectivity index (χ3v) is 6.26. The number of fused-ring (bicyclic) bond motifs is 1. The van der Waals surface area contributed by atoms with Gasteiger partial charge in [0.05, 0.1) is 24.9 Å². The zero-order chi connectivity index (χ0) is 20.1. The summed E-state index contributed by atoms with van der Waals surface area (Å²) in [6.07, 6.45) is 1.83. The van der Waals surface area contributed by atoms with Crippen LogP contribution in [0, 0.1) is 0 Å². The number of nitrogens with zero attached hydrogens (tertiary/aromatic N) is 1. The van der Waals surface area contributed by atoms with E-state index in [2.05, 4.69) is 15.6 Å². The molecule has 1 aromatic heterocycles. The van der Waals surface area contributed by atoms with Gasteiger partial charge in [-0.05, 0) is 43.7 Å². The highest BCUT2D eigenvalue weighted by atomic mass is 35.5. The molecule has 0 radical (unpaired) electrons. The Bertz CT molecular complexity index is 937. The van der Waals surface area contributed by atoms with Crippen LogP contribution in [0.25, 0.3) is 5.57 Å². The summed E-state index contributed by atoms with van der Waals surface area (Å²) < 4.78 is 23.3. The summed E-state index contributed by atoms with van der Waals surface area (Å²) in [4.78, 5) is 16.2. The predicted octanol–water partition coefficient (Wildman–Crippen LogP) is 4.91. The molecule has 2 N–H and O–H groups in total. The van der Waals surface area contributed by atoms with Gasteiger partial charge in [0, 0.05) is 17.5 Å². The number of carbonyl (C=O) groups excluding carboxylic acids is 1. The van der Waals surface area contributed by atoms with Crippen molar-refractivity contribution in [1.82, 2.24) is 4.98 Å². The lowest BCUT2D eigenvalue weighted by Gasteiger charge is -2.17. The Hall–Kier alpha value is -2.18. The average molecular weight is 422 g/mol. The number of carbonyl (C=O) groups is 1. The topological polar surface area (TPSA) is 89.5 Å². The van der Waals surface area contributed by atoms with Gasteiger partial charge in [-0.2, -0.15) is 0 Å². The van der Waals surface area contributed by atoms with E-state index < -0.39 is 7.60 Å². The van der Waals surface area contributed by atoms with E-state index in [1.165, 1.54) is 0 Å². The molecule has 28 heavy (non-hydrogen) atoms. The molecule has 7 nitrogen and oxygen atoms in total. The number of nitrogens with one attached hydrogen (secondary N) is 2. The van der Waals surface area contributed by atoms with Crippen LogP contribution < -0.4 is 10.6 Å². The first-order valence-electron chi connectivity index (χ1n) is 8.86. The Morgan fingerprint density at radius 3 is 2.46 bits per heavy atom. The Labute approximate surface area is 168 Å². The second-order valence-corrected chi connectivity index (χ2v) is 8.43. The lowest BCUT2D eigenvalue weighted by Crippen LogP contribution is -2.05. The van der Waals surface area contributed by atoms with Crippen LogP contribution in [0.1, 0.15) is 25.0 Å². The fraction of sp³-hybridized carbons (Fsp3) is 0.263. The molecule has 0 spiro atoms. The molecule has 148 valence electrons. The Morgan fingerprint density at radius 2 is 1.82 bits per heavy atom. The van der Waals surface area contributed by atoms with E-state index in [1.807, 2.05) is 24.3 Å². The number of amides is 1. The number of pyridine rings is 1. The summed E-state index contributed by atoms with van der Waals surface area (Å²) in [5.74, 6) is 0.201. The van der Waals surface area contributed by atoms with E-state index in [0.29, 0.717) is 35.3 Å². The molecule has 1 aromatic carbocycles. The van der Waals surface area contributed by atoms with Crippen LogP contribution in [0.5, 0.6) is 0 Å². The van der Waals surface area contributed by atoms with Gasteiger partial charge in [0.15, 0.2) is 0 Å². The van der Waals surface area contributed by atoms with Crippen molar-refractivity contribution in [2.45, 2.75) is 20.0 Å². The van der Waals surface area contributed by atoms with Crippen molar-refractivity contribution >= 4 is 42.2 Å². The van der Waals surface area contributed by atoms with Crippen molar-refractivity contribution < 1.29 is 18.4 Å². The second-order valence-electron chi connectivity index (χ2n) is 5.99. The summed E-state index contributed by atoms with van der Waals surface area (Å²) >= 11 is 5.86. The van der Waals surface area contributed by atoms with E-state index in [9.17, 15) is 9.36 Å². The predicted molar refractivity (Wildman–Crippen MR) is 110 cm³/mol. The minimum Gasteiger partial charge on any atom is -0.361 e. The monoisotopic (exact) mass is 421 g/mol. The Morgan fingerprint density at radius 1 is 1.14 bits per heavy atom. The van der Waals surface area contributed by atoms with Crippen molar-refractivity contribution in [3.05, 3.63) is 58.9 Å². The SMILES string of the molecule is CCOP(=O)(Cc1ccc(N/C=C2\C(=O)Nc3nc(Cl)ccc32)cc1)OCC. The Kier molecular flexibility index (Phi) is 6.52. The van der Waals surface area contributed by atoms with Gasteiger partial charge in [-0.25, -0.2) is 4.98 Å². The maximum atomic E-state index is 12.6. The zero-order valence-electron chi connectivity index (χ0n) is 15.6. The summed E-state index contributed by atoms with van der Waals surface area (Å²) in [7, 11) is -3.14. The highest BCUT2D eigenvalue weighted by Crippen LogP contribution is 2.51. The van der Waals surface area contributed by atoms with Crippen molar-refractivity contribution in [2.24, 2.45) is 0 Å². The zero-order valence-corrected chi connectivity index (χ0v) is 17.2. The Balaban J connectivity index is 1.71. The molecule has 0 unspecified atom stereocenters. The summed E-state index contributed by atoms with van der Waals surface area (Å²) in [6.45, 7) is 4.22. The van der Waals surface area contributed by atoms with Crippen LogP contribution >= 0.6 is 19.2 Å². The standard InChI is InChI=1S/C19H21ClN3O4P/c1-3-26-28(25,27-4-2)12-13-5-7-14(8-6-13)21-11-16-15-9-10-17(20)22-18(15)23-19(16)24/h5-11,21H,3-4,12H2,1-2H3,(H,22,23,24)/b16-11-. The van der Waals surface area contributed by atoms with Crippen LogP contribution in [0.3, 0.4) is 0 Å². The largest absolute Gasteiger partial charge is 0.361 e. The van der Waals surface area contributed by atoms with Crippen LogP contribution in [0.15, 0.2) is 42.6 Å². The number of rotatable bonds is 8. The number of benzene rings is 1. The second kappa shape index (κ2) is 8.88. The molecule has 0 aliphatic carbocycles. The fourth-order valence-corrected chi connectivity index (χ4v) is 4.65. The summed E-state index contributed by atoms with van der Waals surface area (Å²) in [6, 6.07) is 10.7. The molecule has 0 fully saturated rings. The number of aromatic nitrogens is 1. The number of hydrogen-bond donors (Lipinski definition) is 2. The molecule has 2 heterocycles. The lowest BCUT2D eigenvalue weighted by molar-refractivity contribution is -0.110.